The highest BCUT2D eigenvalue weighted by molar-refractivity contribution is 6.39. The van der Waals surface area contributed by atoms with Gasteiger partial charge >= 0.3 is 0 Å². The van der Waals surface area contributed by atoms with Gasteiger partial charge in [-0.05, 0) is 36.8 Å². The number of aliphatic hydroxyl groups is 1. The molecule has 1 fully saturated rings. The zero-order valence-electron chi connectivity index (χ0n) is 10.4. The molecule has 2 rings (SSSR count). The van der Waals surface area contributed by atoms with Crippen molar-refractivity contribution < 1.29 is 9.90 Å². The van der Waals surface area contributed by atoms with Crippen molar-refractivity contribution in [3.63, 3.8) is 0 Å². The second-order valence-electron chi connectivity index (χ2n) is 5.01. The highest BCUT2D eigenvalue weighted by Gasteiger charge is 2.41. The van der Waals surface area contributed by atoms with Gasteiger partial charge < -0.3 is 16.2 Å². The van der Waals surface area contributed by atoms with Gasteiger partial charge in [0.05, 0.1) is 15.7 Å². The predicted octanol–water partition coefficient (Wildman–Crippen LogP) is 2.47. The molecule has 6 heteroatoms. The number of nitrogens with one attached hydrogen (secondary N) is 1. The summed E-state index contributed by atoms with van der Waals surface area (Å²) in [7, 11) is 0. The van der Waals surface area contributed by atoms with Gasteiger partial charge in [-0.2, -0.15) is 0 Å². The number of carbonyl (C=O) groups is 1. The highest BCUT2D eigenvalue weighted by atomic mass is 35.5. The number of hydrogen-bond acceptors (Lipinski definition) is 3. The van der Waals surface area contributed by atoms with Crippen molar-refractivity contribution >= 4 is 34.8 Å². The zero-order chi connectivity index (χ0) is 14.0. The van der Waals surface area contributed by atoms with Gasteiger partial charge in [0.15, 0.2) is 0 Å². The van der Waals surface area contributed by atoms with E-state index in [1.165, 1.54) is 12.1 Å². The van der Waals surface area contributed by atoms with Crippen molar-refractivity contribution in [2.45, 2.75) is 19.3 Å². The van der Waals surface area contributed by atoms with Crippen molar-refractivity contribution in [1.82, 2.24) is 5.32 Å². The smallest absolute Gasteiger partial charge is 0.251 e. The molecule has 1 saturated carbocycles. The highest BCUT2D eigenvalue weighted by Crippen LogP contribution is 2.47. The Morgan fingerprint density at radius 3 is 2.42 bits per heavy atom. The van der Waals surface area contributed by atoms with Crippen LogP contribution in [0.25, 0.3) is 0 Å². The van der Waals surface area contributed by atoms with E-state index in [9.17, 15) is 4.79 Å². The molecule has 0 bridgehead atoms. The van der Waals surface area contributed by atoms with Crippen molar-refractivity contribution in [3.05, 3.63) is 27.7 Å². The number of nitrogen functional groups attached to an aromatic ring is 1. The number of amides is 1. The average Bonchev–Trinajstić information content (AvgIpc) is 3.13. The summed E-state index contributed by atoms with van der Waals surface area (Å²) in [5.41, 5.74) is 6.36. The van der Waals surface area contributed by atoms with E-state index in [0.29, 0.717) is 12.1 Å². The summed E-state index contributed by atoms with van der Waals surface area (Å²) in [6.07, 6.45) is 2.80. The maximum Gasteiger partial charge on any atom is 0.251 e. The summed E-state index contributed by atoms with van der Waals surface area (Å²) < 4.78 is 0. The van der Waals surface area contributed by atoms with Gasteiger partial charge in [0.25, 0.3) is 5.91 Å². The zero-order valence-corrected chi connectivity index (χ0v) is 11.9. The molecule has 104 valence electrons. The second kappa shape index (κ2) is 5.57. The normalized spacial score (nSPS) is 16.2. The van der Waals surface area contributed by atoms with E-state index >= 15 is 0 Å². The van der Waals surface area contributed by atoms with Crippen LogP contribution in [0.1, 0.15) is 29.6 Å². The number of hydrogen-bond donors (Lipinski definition) is 3. The van der Waals surface area contributed by atoms with Gasteiger partial charge in [-0.3, -0.25) is 4.79 Å². The number of anilines is 1. The molecule has 1 aromatic rings. The average molecular weight is 303 g/mol. The molecule has 4 nitrogen and oxygen atoms in total. The lowest BCUT2D eigenvalue weighted by molar-refractivity contribution is 0.0941. The topological polar surface area (TPSA) is 75.4 Å². The Balaban J connectivity index is 2.01. The number of carbonyl (C=O) groups excluding carboxylic acids is 1. The fourth-order valence-corrected chi connectivity index (χ4v) is 2.50. The summed E-state index contributed by atoms with van der Waals surface area (Å²) in [5, 5.41) is 12.4. The second-order valence-corrected chi connectivity index (χ2v) is 5.82. The third-order valence-electron chi connectivity index (χ3n) is 3.56. The van der Waals surface area contributed by atoms with Gasteiger partial charge in [-0.15, -0.1) is 0 Å². The Bertz CT molecular complexity index is 478. The number of rotatable bonds is 5. The van der Waals surface area contributed by atoms with Gasteiger partial charge in [0, 0.05) is 18.7 Å². The van der Waals surface area contributed by atoms with Crippen molar-refractivity contribution in [2.24, 2.45) is 5.41 Å². The van der Waals surface area contributed by atoms with Gasteiger partial charge in [0.2, 0.25) is 0 Å². The van der Waals surface area contributed by atoms with E-state index in [1.807, 2.05) is 0 Å². The van der Waals surface area contributed by atoms with Crippen LogP contribution in [0.3, 0.4) is 0 Å². The molecule has 0 heterocycles. The molecule has 19 heavy (non-hydrogen) atoms. The van der Waals surface area contributed by atoms with Crippen molar-refractivity contribution in [3.8, 4) is 0 Å². The summed E-state index contributed by atoms with van der Waals surface area (Å²) in [4.78, 5) is 12.0. The van der Waals surface area contributed by atoms with Crippen LogP contribution in [-0.4, -0.2) is 24.2 Å². The first kappa shape index (κ1) is 14.4. The van der Waals surface area contributed by atoms with Crippen molar-refractivity contribution in [2.75, 3.05) is 18.9 Å². The first-order chi connectivity index (χ1) is 8.97. The molecule has 4 N–H and O–H groups in total. The monoisotopic (exact) mass is 302 g/mol. The molecule has 0 spiro atoms. The van der Waals surface area contributed by atoms with Crippen LogP contribution in [0.5, 0.6) is 0 Å². The Morgan fingerprint density at radius 1 is 1.37 bits per heavy atom. The standard InChI is InChI=1S/C13H16Cl2N2O2/c14-9-5-8(6-10(15)11(9)16)12(19)17-7-13(1-2-13)3-4-18/h5-6,18H,1-4,7,16H2,(H,17,19). The largest absolute Gasteiger partial charge is 0.396 e. The molecule has 1 aliphatic carbocycles. The first-order valence-corrected chi connectivity index (χ1v) is 6.87. The van der Waals surface area contributed by atoms with E-state index in [1.54, 1.807) is 0 Å². The molecule has 0 radical (unpaired) electrons. The van der Waals surface area contributed by atoms with Crippen LogP contribution in [-0.2, 0) is 0 Å². The van der Waals surface area contributed by atoms with Gasteiger partial charge in [-0.25, -0.2) is 0 Å². The fraction of sp³-hybridized carbons (Fsp3) is 0.462. The molecule has 0 aromatic heterocycles. The number of benzene rings is 1. The first-order valence-electron chi connectivity index (χ1n) is 6.11. The summed E-state index contributed by atoms with van der Waals surface area (Å²) >= 11 is 11.8. The maximum atomic E-state index is 12.0. The Morgan fingerprint density at radius 2 is 1.95 bits per heavy atom. The van der Waals surface area contributed by atoms with Crippen LogP contribution in [0.4, 0.5) is 5.69 Å². The van der Waals surface area contributed by atoms with E-state index < -0.39 is 0 Å². The van der Waals surface area contributed by atoms with Crippen LogP contribution >= 0.6 is 23.2 Å². The third-order valence-corrected chi connectivity index (χ3v) is 4.19. The fourth-order valence-electron chi connectivity index (χ4n) is 2.01. The van der Waals surface area contributed by atoms with Crippen molar-refractivity contribution in [1.29, 1.82) is 0 Å². The minimum Gasteiger partial charge on any atom is -0.396 e. The van der Waals surface area contributed by atoms with E-state index in [-0.39, 0.29) is 33.7 Å². The van der Waals surface area contributed by atoms with Crippen LogP contribution in [0.15, 0.2) is 12.1 Å². The third kappa shape index (κ3) is 3.32. The minimum absolute atomic E-state index is 0.0752. The van der Waals surface area contributed by atoms with Crippen LogP contribution in [0, 0.1) is 5.41 Å². The molecule has 0 saturated heterocycles. The Labute approximate surface area is 121 Å². The molecule has 1 aliphatic rings. The molecule has 1 amide bonds. The molecule has 0 unspecified atom stereocenters. The Hall–Kier alpha value is -0.970. The maximum absolute atomic E-state index is 12.0. The van der Waals surface area contributed by atoms with E-state index in [2.05, 4.69) is 5.32 Å². The lowest BCUT2D eigenvalue weighted by Gasteiger charge is -2.15. The molecular weight excluding hydrogens is 287 g/mol. The van der Waals surface area contributed by atoms with Crippen LogP contribution in [0.2, 0.25) is 10.0 Å². The SMILES string of the molecule is Nc1c(Cl)cc(C(=O)NCC2(CCO)CC2)cc1Cl. The lowest BCUT2D eigenvalue weighted by Crippen LogP contribution is -2.30. The quantitative estimate of drug-likeness (QED) is 0.731. The summed E-state index contributed by atoms with van der Waals surface area (Å²) in [5.74, 6) is -0.229. The van der Waals surface area contributed by atoms with Gasteiger partial charge in [0.1, 0.15) is 0 Å². The molecular formula is C13H16Cl2N2O2. The number of halogens is 2. The summed E-state index contributed by atoms with van der Waals surface area (Å²) in [6.45, 7) is 0.710. The summed E-state index contributed by atoms with van der Waals surface area (Å²) in [6, 6.07) is 3.01. The molecule has 0 aliphatic heterocycles. The van der Waals surface area contributed by atoms with E-state index in [0.717, 1.165) is 19.3 Å². The lowest BCUT2D eigenvalue weighted by atomic mass is 10.0. The van der Waals surface area contributed by atoms with E-state index in [4.69, 9.17) is 34.0 Å². The minimum atomic E-state index is -0.229. The number of aliphatic hydroxyl groups excluding tert-OH is 1. The molecule has 1 aromatic carbocycles. The predicted molar refractivity (Wildman–Crippen MR) is 76.6 cm³/mol. The van der Waals surface area contributed by atoms with Crippen LogP contribution < -0.4 is 11.1 Å². The molecule has 0 atom stereocenters. The Kier molecular flexibility index (Phi) is 4.23. The van der Waals surface area contributed by atoms with Gasteiger partial charge in [-0.1, -0.05) is 23.2 Å². The number of nitrogens with two attached hydrogens (primary N) is 1.